The Bertz CT molecular complexity index is 957. The number of nitrogens with zero attached hydrogens (tertiary/aromatic N) is 1. The number of rotatable bonds is 13. The first-order chi connectivity index (χ1) is 17.7. The average Bonchev–Trinajstić information content (AvgIpc) is 2.86. The second-order valence-corrected chi connectivity index (χ2v) is 11.6. The van der Waals surface area contributed by atoms with Gasteiger partial charge in [-0.15, -0.1) is 6.42 Å². The highest BCUT2D eigenvalue weighted by Gasteiger charge is 2.44. The van der Waals surface area contributed by atoms with Crippen molar-refractivity contribution in [1.82, 2.24) is 15.5 Å². The molecule has 0 spiro atoms. The molecule has 0 aliphatic carbocycles. The smallest absolute Gasteiger partial charge is 0.408 e. The molecule has 0 bridgehead atoms. The van der Waals surface area contributed by atoms with E-state index in [4.69, 9.17) is 11.2 Å². The van der Waals surface area contributed by atoms with Gasteiger partial charge in [0.05, 0.1) is 0 Å². The monoisotopic (exact) mass is 527 g/mol. The number of terminal acetylenes is 1. The second-order valence-electron chi connectivity index (χ2n) is 11.6. The molecule has 3 unspecified atom stereocenters. The van der Waals surface area contributed by atoms with Crippen LogP contribution in [0, 0.1) is 18.3 Å². The predicted octanol–water partition coefficient (Wildman–Crippen LogP) is 5.97. The van der Waals surface area contributed by atoms with Crippen LogP contribution in [0.25, 0.3) is 0 Å². The summed E-state index contributed by atoms with van der Waals surface area (Å²) in [4.78, 5) is 42.6. The largest absolute Gasteiger partial charge is 0.444 e. The van der Waals surface area contributed by atoms with Crippen molar-refractivity contribution in [1.29, 1.82) is 0 Å². The summed E-state index contributed by atoms with van der Waals surface area (Å²) in [5.74, 6) is 1.82. The lowest BCUT2D eigenvalue weighted by molar-refractivity contribution is -0.150. The molecule has 2 N–H and O–H groups in total. The number of unbranched alkanes of at least 4 members (excludes halogenated alkanes) is 2. The van der Waals surface area contributed by atoms with Gasteiger partial charge >= 0.3 is 6.09 Å². The first kappa shape index (κ1) is 33.0. The van der Waals surface area contributed by atoms with E-state index in [-0.39, 0.29) is 17.7 Å². The van der Waals surface area contributed by atoms with E-state index >= 15 is 0 Å². The van der Waals surface area contributed by atoms with E-state index < -0.39 is 29.3 Å². The van der Waals surface area contributed by atoms with Crippen LogP contribution in [0.4, 0.5) is 4.79 Å². The standard InChI is InChI=1S/C31H49N3O4/c1-11-15-16-21-32-27(35)26(24-19-17-23(13-3)18-20-24)34(31(9,10)14-4)28(36)25(22(5)12-2)33-29(37)38-30(6,7)8/h3,17-20,22,25-26H,11-12,14-16,21H2,1-2,4-10H3,(H,32,35)(H,33,37). The van der Waals surface area contributed by atoms with Gasteiger partial charge in [0.15, 0.2) is 0 Å². The SMILES string of the molecule is C#Cc1ccc(C(C(=O)NCCCCC)N(C(=O)C(NC(=O)OC(C)(C)C)C(C)CC)C(C)(C)CC)cc1. The molecule has 3 atom stereocenters. The fraction of sp³-hybridized carbons (Fsp3) is 0.645. The molecule has 7 heteroatoms. The van der Waals surface area contributed by atoms with Crippen molar-refractivity contribution >= 4 is 17.9 Å². The lowest BCUT2D eigenvalue weighted by Crippen LogP contribution is -2.60. The summed E-state index contributed by atoms with van der Waals surface area (Å²) in [6, 6.07) is 5.38. The van der Waals surface area contributed by atoms with Gasteiger partial charge in [0, 0.05) is 17.6 Å². The lowest BCUT2D eigenvalue weighted by atomic mass is 9.89. The van der Waals surface area contributed by atoms with Crippen LogP contribution < -0.4 is 10.6 Å². The summed E-state index contributed by atoms with van der Waals surface area (Å²) in [7, 11) is 0. The van der Waals surface area contributed by atoms with Crippen LogP contribution in [-0.4, -0.2) is 46.5 Å². The zero-order chi connectivity index (χ0) is 29.1. The maximum atomic E-state index is 14.4. The van der Waals surface area contributed by atoms with Crippen molar-refractivity contribution < 1.29 is 19.1 Å². The average molecular weight is 528 g/mol. The number of hydrogen-bond donors (Lipinski definition) is 2. The van der Waals surface area contributed by atoms with Crippen LogP contribution >= 0.6 is 0 Å². The summed E-state index contributed by atoms with van der Waals surface area (Å²) in [5, 5.41) is 5.86. The predicted molar refractivity (Wildman–Crippen MR) is 153 cm³/mol. The maximum absolute atomic E-state index is 14.4. The molecule has 1 aromatic rings. The van der Waals surface area contributed by atoms with Gasteiger partial charge in [-0.2, -0.15) is 0 Å². The van der Waals surface area contributed by atoms with Gasteiger partial charge in [0.1, 0.15) is 17.7 Å². The molecule has 1 aromatic carbocycles. The third-order valence-electron chi connectivity index (χ3n) is 6.89. The first-order valence-corrected chi connectivity index (χ1v) is 13.9. The third-order valence-corrected chi connectivity index (χ3v) is 6.89. The van der Waals surface area contributed by atoms with Crippen LogP contribution in [-0.2, 0) is 14.3 Å². The van der Waals surface area contributed by atoms with Crippen molar-refractivity contribution in [2.75, 3.05) is 6.54 Å². The van der Waals surface area contributed by atoms with Crippen LogP contribution in [0.2, 0.25) is 0 Å². The van der Waals surface area contributed by atoms with Gasteiger partial charge in [-0.05, 0) is 71.1 Å². The molecular formula is C31H49N3O4. The van der Waals surface area contributed by atoms with Crippen molar-refractivity contribution in [2.24, 2.45) is 5.92 Å². The third kappa shape index (κ3) is 9.70. The highest BCUT2D eigenvalue weighted by Crippen LogP contribution is 2.33. The summed E-state index contributed by atoms with van der Waals surface area (Å²) >= 11 is 0. The number of hydrogen-bond acceptors (Lipinski definition) is 4. The molecule has 212 valence electrons. The van der Waals surface area contributed by atoms with E-state index in [0.29, 0.717) is 30.5 Å². The van der Waals surface area contributed by atoms with Gasteiger partial charge in [0.2, 0.25) is 11.8 Å². The van der Waals surface area contributed by atoms with Crippen molar-refractivity contribution in [3.63, 3.8) is 0 Å². The maximum Gasteiger partial charge on any atom is 0.408 e. The highest BCUT2D eigenvalue weighted by atomic mass is 16.6. The quantitative estimate of drug-likeness (QED) is 0.244. The number of carbonyl (C=O) groups is 3. The molecule has 0 aromatic heterocycles. The van der Waals surface area contributed by atoms with E-state index in [1.807, 2.05) is 34.6 Å². The van der Waals surface area contributed by atoms with Gasteiger partial charge in [-0.3, -0.25) is 9.59 Å². The molecule has 0 heterocycles. The van der Waals surface area contributed by atoms with Crippen LogP contribution in [0.1, 0.15) is 112 Å². The Labute approximate surface area is 230 Å². The number of benzene rings is 1. The molecule has 0 aliphatic heterocycles. The molecule has 7 nitrogen and oxygen atoms in total. The zero-order valence-corrected chi connectivity index (χ0v) is 24.9. The Morgan fingerprint density at radius 3 is 2.11 bits per heavy atom. The molecule has 0 aliphatic rings. The normalized spacial score (nSPS) is 14.0. The summed E-state index contributed by atoms with van der Waals surface area (Å²) < 4.78 is 5.48. The Kier molecular flexibility index (Phi) is 12.9. The number of ether oxygens (including phenoxy) is 1. The van der Waals surface area contributed by atoms with E-state index in [1.165, 1.54) is 0 Å². The Hall–Kier alpha value is -3.01. The van der Waals surface area contributed by atoms with E-state index in [1.54, 1.807) is 49.9 Å². The number of carbonyl (C=O) groups excluding carboxylic acids is 3. The lowest BCUT2D eigenvalue weighted by Gasteiger charge is -2.45. The molecule has 0 fully saturated rings. The molecule has 0 radical (unpaired) electrons. The molecule has 0 saturated carbocycles. The Morgan fingerprint density at radius 1 is 1.03 bits per heavy atom. The molecular weight excluding hydrogens is 478 g/mol. The summed E-state index contributed by atoms with van der Waals surface area (Å²) in [6.45, 7) is 17.7. The van der Waals surface area contributed by atoms with Crippen molar-refractivity contribution in [2.45, 2.75) is 118 Å². The van der Waals surface area contributed by atoms with Crippen LogP contribution in [0.15, 0.2) is 24.3 Å². The highest BCUT2D eigenvalue weighted by molar-refractivity contribution is 5.92. The molecule has 0 saturated heterocycles. The van der Waals surface area contributed by atoms with E-state index in [0.717, 1.165) is 19.3 Å². The minimum absolute atomic E-state index is 0.192. The van der Waals surface area contributed by atoms with E-state index in [2.05, 4.69) is 23.5 Å². The fourth-order valence-corrected chi connectivity index (χ4v) is 4.08. The van der Waals surface area contributed by atoms with Crippen LogP contribution in [0.3, 0.4) is 0 Å². The van der Waals surface area contributed by atoms with Crippen molar-refractivity contribution in [3.05, 3.63) is 35.4 Å². The van der Waals surface area contributed by atoms with Crippen molar-refractivity contribution in [3.8, 4) is 12.3 Å². The zero-order valence-electron chi connectivity index (χ0n) is 24.9. The Morgan fingerprint density at radius 2 is 1.63 bits per heavy atom. The molecule has 1 rings (SSSR count). The molecule has 38 heavy (non-hydrogen) atoms. The van der Waals surface area contributed by atoms with Gasteiger partial charge in [-0.25, -0.2) is 4.79 Å². The number of alkyl carbamates (subject to hydrolysis) is 1. The summed E-state index contributed by atoms with van der Waals surface area (Å²) in [6.07, 6.45) is 9.04. The van der Waals surface area contributed by atoms with Gasteiger partial charge in [0.25, 0.3) is 0 Å². The summed E-state index contributed by atoms with van der Waals surface area (Å²) in [5.41, 5.74) is -0.0660. The second kappa shape index (κ2) is 14.8. The topological polar surface area (TPSA) is 87.7 Å². The molecule has 3 amide bonds. The van der Waals surface area contributed by atoms with Gasteiger partial charge in [-0.1, -0.05) is 65.0 Å². The minimum atomic E-state index is -0.905. The number of amides is 3. The Balaban J connectivity index is 3.62. The van der Waals surface area contributed by atoms with Gasteiger partial charge < -0.3 is 20.3 Å². The fourth-order valence-electron chi connectivity index (χ4n) is 4.08. The van der Waals surface area contributed by atoms with Crippen LogP contribution in [0.5, 0.6) is 0 Å². The van der Waals surface area contributed by atoms with E-state index in [9.17, 15) is 14.4 Å². The minimum Gasteiger partial charge on any atom is -0.444 e. The first-order valence-electron chi connectivity index (χ1n) is 13.9. The number of nitrogens with one attached hydrogen (secondary N) is 2.